The molecule has 37 heavy (non-hydrogen) atoms. The fourth-order valence-corrected chi connectivity index (χ4v) is 4.13. The maximum atomic E-state index is 13.6. The highest BCUT2D eigenvalue weighted by molar-refractivity contribution is 5.98. The lowest BCUT2D eigenvalue weighted by atomic mass is 9.89. The summed E-state index contributed by atoms with van der Waals surface area (Å²) in [6.45, 7) is 2.64. The number of aliphatic hydroxyl groups excluding tert-OH is 1. The number of hydrogen-bond acceptors (Lipinski definition) is 7. The number of carbonyl (C=O) groups excluding carboxylic acids is 4. The Morgan fingerprint density at radius 1 is 0.973 bits per heavy atom. The van der Waals surface area contributed by atoms with Gasteiger partial charge in [-0.3, -0.25) is 19.2 Å². The second-order valence-electron chi connectivity index (χ2n) is 9.49. The summed E-state index contributed by atoms with van der Waals surface area (Å²) in [6.07, 6.45) is 0.252. The number of hydrogen-bond donors (Lipinski definition) is 3. The molecule has 198 valence electrons. The van der Waals surface area contributed by atoms with Crippen LogP contribution in [0.2, 0.25) is 0 Å². The number of aliphatic hydroxyl groups is 1. The SMILES string of the molecule is COc1ccc(CC(CC(=O)C(CO)NC(C)=O)C(=O)NC(Cc2ccccc2)C(=O)C2(C)CO2)cc1. The Labute approximate surface area is 216 Å². The minimum absolute atomic E-state index is 0.208. The first-order chi connectivity index (χ1) is 17.6. The Morgan fingerprint density at radius 3 is 2.14 bits per heavy atom. The number of benzene rings is 2. The van der Waals surface area contributed by atoms with Crippen LogP contribution >= 0.6 is 0 Å². The standard InChI is InChI=1S/C28H34N2O7/c1-18(32)29-24(16-31)25(33)15-21(13-20-9-11-22(36-3)12-10-20)27(35)30-23(26(34)28(2)17-37-28)14-19-7-5-4-6-8-19/h4-12,21,23-24,31H,13-17H2,1-3H3,(H,29,32)(H,30,35). The van der Waals surface area contributed by atoms with E-state index in [0.29, 0.717) is 5.75 Å². The monoisotopic (exact) mass is 510 g/mol. The molecule has 0 radical (unpaired) electrons. The quantitative estimate of drug-likeness (QED) is 0.327. The van der Waals surface area contributed by atoms with Gasteiger partial charge in [-0.15, -0.1) is 0 Å². The van der Waals surface area contributed by atoms with Crippen molar-refractivity contribution in [3.05, 3.63) is 65.7 Å². The zero-order valence-corrected chi connectivity index (χ0v) is 21.4. The normalized spacial score (nSPS) is 18.7. The van der Waals surface area contributed by atoms with Crippen LogP contribution in [0.4, 0.5) is 0 Å². The first-order valence-electron chi connectivity index (χ1n) is 12.2. The summed E-state index contributed by atoms with van der Waals surface area (Å²) >= 11 is 0. The molecule has 2 aromatic rings. The van der Waals surface area contributed by atoms with E-state index >= 15 is 0 Å². The second kappa shape index (κ2) is 12.6. The number of ketones is 2. The summed E-state index contributed by atoms with van der Waals surface area (Å²) in [5.41, 5.74) is 0.720. The number of nitrogens with one attached hydrogen (secondary N) is 2. The molecule has 0 saturated carbocycles. The van der Waals surface area contributed by atoms with Crippen molar-refractivity contribution in [2.45, 2.75) is 50.8 Å². The Bertz CT molecular complexity index is 1100. The highest BCUT2D eigenvalue weighted by atomic mass is 16.6. The molecule has 1 fully saturated rings. The Balaban J connectivity index is 1.83. The molecule has 2 amide bonds. The molecule has 4 atom stereocenters. The minimum Gasteiger partial charge on any atom is -0.497 e. The number of methoxy groups -OCH3 is 1. The lowest BCUT2D eigenvalue weighted by molar-refractivity contribution is -0.134. The van der Waals surface area contributed by atoms with E-state index in [4.69, 9.17) is 9.47 Å². The molecule has 9 heteroatoms. The molecule has 0 aliphatic carbocycles. The van der Waals surface area contributed by atoms with Gasteiger partial charge < -0.3 is 25.2 Å². The van der Waals surface area contributed by atoms with Crippen molar-refractivity contribution in [3.63, 3.8) is 0 Å². The van der Waals surface area contributed by atoms with E-state index in [2.05, 4.69) is 10.6 Å². The molecular weight excluding hydrogens is 476 g/mol. The van der Waals surface area contributed by atoms with Gasteiger partial charge >= 0.3 is 0 Å². The molecule has 4 unspecified atom stereocenters. The van der Waals surface area contributed by atoms with Gasteiger partial charge in [0.25, 0.3) is 0 Å². The van der Waals surface area contributed by atoms with Crippen molar-refractivity contribution in [3.8, 4) is 5.75 Å². The summed E-state index contributed by atoms with van der Waals surface area (Å²) in [4.78, 5) is 51.2. The lowest BCUT2D eigenvalue weighted by Crippen LogP contribution is -2.50. The largest absolute Gasteiger partial charge is 0.497 e. The van der Waals surface area contributed by atoms with Crippen LogP contribution in [-0.4, -0.2) is 66.5 Å². The van der Waals surface area contributed by atoms with E-state index in [9.17, 15) is 24.3 Å². The van der Waals surface area contributed by atoms with Gasteiger partial charge in [0, 0.05) is 19.3 Å². The predicted molar refractivity (Wildman–Crippen MR) is 136 cm³/mol. The number of Topliss-reactive ketones (excluding diaryl/α,β-unsaturated/α-hetero) is 2. The van der Waals surface area contributed by atoms with Crippen LogP contribution in [-0.2, 0) is 36.8 Å². The zero-order chi connectivity index (χ0) is 27.0. The topological polar surface area (TPSA) is 134 Å². The molecule has 9 nitrogen and oxygen atoms in total. The van der Waals surface area contributed by atoms with E-state index in [1.165, 1.54) is 6.92 Å². The van der Waals surface area contributed by atoms with Gasteiger partial charge in [-0.2, -0.15) is 0 Å². The van der Waals surface area contributed by atoms with Crippen LogP contribution in [0.15, 0.2) is 54.6 Å². The van der Waals surface area contributed by atoms with E-state index in [1.54, 1.807) is 38.3 Å². The molecule has 3 N–H and O–H groups in total. The average Bonchev–Trinajstić information content (AvgIpc) is 3.65. The van der Waals surface area contributed by atoms with Crippen LogP contribution in [0.3, 0.4) is 0 Å². The van der Waals surface area contributed by atoms with E-state index in [0.717, 1.165) is 11.1 Å². The molecule has 0 bridgehead atoms. The summed E-state index contributed by atoms with van der Waals surface area (Å²) in [6, 6.07) is 14.5. The Morgan fingerprint density at radius 2 is 1.59 bits per heavy atom. The van der Waals surface area contributed by atoms with E-state index in [-0.39, 0.29) is 31.7 Å². The zero-order valence-electron chi connectivity index (χ0n) is 21.4. The third kappa shape index (κ3) is 7.96. The highest BCUT2D eigenvalue weighted by Gasteiger charge is 2.50. The fourth-order valence-electron chi connectivity index (χ4n) is 4.13. The predicted octanol–water partition coefficient (Wildman–Crippen LogP) is 1.40. The molecule has 2 aromatic carbocycles. The first-order valence-corrected chi connectivity index (χ1v) is 12.2. The average molecular weight is 511 g/mol. The first kappa shape index (κ1) is 28.0. The summed E-state index contributed by atoms with van der Waals surface area (Å²) < 4.78 is 10.5. The van der Waals surface area contributed by atoms with Gasteiger partial charge in [-0.25, -0.2) is 0 Å². The van der Waals surface area contributed by atoms with Gasteiger partial charge in [0.15, 0.2) is 11.6 Å². The Hall–Kier alpha value is -3.56. The maximum Gasteiger partial charge on any atom is 0.224 e. The van der Waals surface area contributed by atoms with Gasteiger partial charge in [-0.1, -0.05) is 42.5 Å². The Kier molecular flexibility index (Phi) is 9.54. The second-order valence-corrected chi connectivity index (χ2v) is 9.49. The lowest BCUT2D eigenvalue weighted by Gasteiger charge is -2.24. The molecule has 1 aliphatic heterocycles. The molecule has 1 aliphatic rings. The van der Waals surface area contributed by atoms with Gasteiger partial charge in [-0.05, 0) is 43.0 Å². The van der Waals surface area contributed by atoms with Crippen LogP contribution in [0, 0.1) is 5.92 Å². The van der Waals surface area contributed by atoms with Crippen molar-refractivity contribution in [2.75, 3.05) is 20.3 Å². The maximum absolute atomic E-state index is 13.6. The van der Waals surface area contributed by atoms with Crippen LogP contribution in [0.1, 0.15) is 31.4 Å². The van der Waals surface area contributed by atoms with Gasteiger partial charge in [0.05, 0.1) is 26.4 Å². The van der Waals surface area contributed by atoms with Gasteiger partial charge in [0.1, 0.15) is 17.4 Å². The molecule has 3 rings (SSSR count). The number of rotatable bonds is 14. The minimum atomic E-state index is -1.12. The summed E-state index contributed by atoms with van der Waals surface area (Å²) in [5, 5.41) is 14.9. The summed E-state index contributed by atoms with van der Waals surface area (Å²) in [7, 11) is 1.55. The summed E-state index contributed by atoms with van der Waals surface area (Å²) in [5.74, 6) is -1.84. The van der Waals surface area contributed by atoms with Crippen molar-refractivity contribution < 1.29 is 33.8 Å². The van der Waals surface area contributed by atoms with Crippen molar-refractivity contribution >= 4 is 23.4 Å². The van der Waals surface area contributed by atoms with Crippen LogP contribution in [0.5, 0.6) is 5.75 Å². The number of epoxide rings is 1. The molecule has 1 saturated heterocycles. The van der Waals surface area contributed by atoms with Crippen molar-refractivity contribution in [2.24, 2.45) is 5.92 Å². The van der Waals surface area contributed by atoms with Crippen molar-refractivity contribution in [1.82, 2.24) is 10.6 Å². The number of ether oxygens (including phenoxy) is 2. The van der Waals surface area contributed by atoms with Crippen molar-refractivity contribution in [1.29, 1.82) is 0 Å². The van der Waals surface area contributed by atoms with Crippen LogP contribution < -0.4 is 15.4 Å². The molecule has 1 heterocycles. The molecular formula is C28H34N2O7. The smallest absolute Gasteiger partial charge is 0.224 e. The van der Waals surface area contributed by atoms with E-state index in [1.807, 2.05) is 30.3 Å². The third-order valence-electron chi connectivity index (χ3n) is 6.42. The third-order valence-corrected chi connectivity index (χ3v) is 6.42. The van der Waals surface area contributed by atoms with Crippen LogP contribution in [0.25, 0.3) is 0 Å². The van der Waals surface area contributed by atoms with Gasteiger partial charge in [0.2, 0.25) is 11.8 Å². The number of amides is 2. The molecule has 0 aromatic heterocycles. The number of carbonyl (C=O) groups is 4. The van der Waals surface area contributed by atoms with E-state index < -0.39 is 47.8 Å². The highest BCUT2D eigenvalue weighted by Crippen LogP contribution is 2.29. The fraction of sp³-hybridized carbons (Fsp3) is 0.429. The molecule has 0 spiro atoms.